The lowest BCUT2D eigenvalue weighted by Gasteiger charge is -2.35. The number of hydrogen-bond acceptors (Lipinski definition) is 13. The topological polar surface area (TPSA) is 153 Å². The van der Waals surface area contributed by atoms with E-state index in [1.54, 1.807) is 50.0 Å². The number of rotatable bonds is 18. The number of hydrogen-bond donors (Lipinski definition) is 4. The molecule has 88 heavy (non-hydrogen) atoms. The zero-order valence-electron chi connectivity index (χ0n) is 48.9. The maximum absolute atomic E-state index is 14.6. The van der Waals surface area contributed by atoms with Crippen LogP contribution in [0.25, 0.3) is 65.1 Å². The Bertz CT molecular complexity index is 4380. The van der Waals surface area contributed by atoms with Gasteiger partial charge in [-0.1, -0.05) is 70.2 Å². The number of carboxylic acids is 1. The Morgan fingerprint density at radius 2 is 1.27 bits per heavy atom. The lowest BCUT2D eigenvalue weighted by Crippen LogP contribution is -2.50. The molecule has 2 aliphatic carbocycles. The van der Waals surface area contributed by atoms with Gasteiger partial charge in [-0.25, -0.2) is 4.58 Å². The van der Waals surface area contributed by atoms with E-state index in [1.807, 2.05) is 114 Å². The third-order valence-electron chi connectivity index (χ3n) is 15.8. The first-order valence-corrected chi connectivity index (χ1v) is 33.4. The van der Waals surface area contributed by atoms with E-state index in [0.717, 1.165) is 117 Å². The zero-order valence-corrected chi connectivity index (χ0v) is 53.9. The normalized spacial score (nSPS) is 12.4. The van der Waals surface area contributed by atoms with Crippen LogP contribution in [0.3, 0.4) is 0 Å². The first-order chi connectivity index (χ1) is 42.7. The molecule has 0 atom stereocenters. The number of thiocarbonyl (C=S) groups is 1. The summed E-state index contributed by atoms with van der Waals surface area (Å²) in [6.07, 6.45) is 0.0786. The predicted molar refractivity (Wildman–Crippen MR) is 369 cm³/mol. The van der Waals surface area contributed by atoms with Crippen LogP contribution in [-0.4, -0.2) is 91.0 Å². The predicted octanol–water partition coefficient (Wildman–Crippen LogP) is 14.5. The van der Waals surface area contributed by atoms with Gasteiger partial charge in [0.05, 0.1) is 12.0 Å². The molecule has 3 N–H and O–H groups in total. The van der Waals surface area contributed by atoms with Crippen molar-refractivity contribution in [3.63, 3.8) is 0 Å². The lowest BCUT2D eigenvalue weighted by molar-refractivity contribution is -0.255. The number of anilines is 4. The Morgan fingerprint density at radius 1 is 0.636 bits per heavy atom. The summed E-state index contributed by atoms with van der Waals surface area (Å²) < 4.78 is 10.6. The third-order valence-corrected chi connectivity index (χ3v) is 20.1. The largest absolute Gasteiger partial charge is 0.545 e. The van der Waals surface area contributed by atoms with Crippen molar-refractivity contribution in [1.29, 1.82) is 0 Å². The van der Waals surface area contributed by atoms with Crippen molar-refractivity contribution in [3.8, 4) is 44.0 Å². The van der Waals surface area contributed by atoms with Crippen molar-refractivity contribution in [2.24, 2.45) is 0 Å². The van der Waals surface area contributed by atoms with Gasteiger partial charge in [0.25, 0.3) is 5.91 Å². The summed E-state index contributed by atoms with van der Waals surface area (Å²) in [4.78, 5) is 63.3. The molecule has 0 bridgehead atoms. The number of fused-ring (bicyclic) bond motifs is 4. The molecule has 5 aliphatic rings. The first-order valence-electron chi connectivity index (χ1n) is 29.2. The van der Waals surface area contributed by atoms with Gasteiger partial charge in [0.2, 0.25) is 17.2 Å². The number of piperazine rings is 1. The van der Waals surface area contributed by atoms with Crippen LogP contribution in [0, 0.1) is 4.51 Å². The number of nitrogens with one attached hydrogen (secondary N) is 3. The Balaban J connectivity index is 0.661. The summed E-state index contributed by atoms with van der Waals surface area (Å²) in [5.74, 6) is -1.03. The molecular formula is C69H63N7O6S6. The van der Waals surface area contributed by atoms with Crippen LogP contribution >= 0.6 is 70.0 Å². The van der Waals surface area contributed by atoms with Crippen molar-refractivity contribution >= 4 is 143 Å². The van der Waals surface area contributed by atoms with Crippen molar-refractivity contribution < 1.29 is 28.7 Å². The number of benzene rings is 8. The molecule has 0 radical (unpaired) electrons. The van der Waals surface area contributed by atoms with Gasteiger partial charge in [0, 0.05) is 154 Å². The molecule has 0 aromatic heterocycles. The Hall–Kier alpha value is -8.04. The molecule has 3 heterocycles. The second kappa shape index (κ2) is 27.6. The van der Waals surface area contributed by atoms with Crippen molar-refractivity contribution in [3.05, 3.63) is 185 Å². The van der Waals surface area contributed by atoms with Crippen molar-refractivity contribution in [2.45, 2.75) is 55.2 Å². The molecular weight excluding hydrogens is 1220 g/mol. The maximum atomic E-state index is 14.6. The quantitative estimate of drug-likeness (QED) is 0.0212. The number of nitrogens with zero attached hydrogens (tertiary/aromatic N) is 4. The second-order valence-corrected chi connectivity index (χ2v) is 25.9. The number of carbonyl (C=O) groups excluding carboxylic acids is 4. The summed E-state index contributed by atoms with van der Waals surface area (Å²) >= 11 is 17.3. The van der Waals surface area contributed by atoms with Crippen molar-refractivity contribution in [2.75, 3.05) is 73.2 Å². The number of aromatic carboxylic acids is 1. The fourth-order valence-electron chi connectivity index (χ4n) is 11.3. The van der Waals surface area contributed by atoms with E-state index < -0.39 is 5.97 Å². The van der Waals surface area contributed by atoms with Crippen LogP contribution in [-0.2, 0) is 9.59 Å². The van der Waals surface area contributed by atoms with E-state index in [2.05, 4.69) is 102 Å². The Labute approximate surface area is 539 Å². The highest BCUT2D eigenvalue weighted by molar-refractivity contribution is 8.76. The summed E-state index contributed by atoms with van der Waals surface area (Å²) in [7, 11) is 3.15. The lowest BCUT2D eigenvalue weighted by atomic mass is 9.90. The third kappa shape index (κ3) is 13.6. The maximum Gasteiger partial charge on any atom is 0.254 e. The van der Waals surface area contributed by atoms with Gasteiger partial charge in [-0.15, -0.1) is 24.0 Å². The summed E-state index contributed by atoms with van der Waals surface area (Å²) in [6.45, 7) is 13.5. The van der Waals surface area contributed by atoms with E-state index in [1.165, 1.54) is 6.07 Å². The van der Waals surface area contributed by atoms with Crippen LogP contribution in [0.15, 0.2) is 183 Å². The SMILES string of the molecule is CCN(CC)c1ccc2c(-c3ccccc3C(=O)N3CCN(C(=O)CCC(=O)Nc4ccc(SSc5ccc(NC(=S)Nc6ccc(C(=O)[O-])c(-c7c8ccc(=S)cc-8sc8cc(S)ccc78)c6)cc5)cc4)CC3)c3ccc(=[N+](CC)CC)cc-3oc2c1. The van der Waals surface area contributed by atoms with Crippen LogP contribution in [0.2, 0.25) is 0 Å². The summed E-state index contributed by atoms with van der Waals surface area (Å²) in [6, 6.07) is 52.3. The molecule has 3 amide bonds. The molecule has 13 nitrogen and oxygen atoms in total. The molecule has 1 saturated heterocycles. The molecule has 11 rings (SSSR count). The second-order valence-electron chi connectivity index (χ2n) is 21.1. The molecule has 19 heteroatoms. The van der Waals surface area contributed by atoms with E-state index in [0.29, 0.717) is 58.3 Å². The fourth-order valence-corrected chi connectivity index (χ4v) is 15.2. The average Bonchev–Trinajstić information content (AvgIpc) is 1.75. The van der Waals surface area contributed by atoms with Crippen LogP contribution < -0.4 is 35.9 Å². The van der Waals surface area contributed by atoms with E-state index in [-0.39, 0.29) is 36.1 Å². The number of carbonyl (C=O) groups is 4. The fraction of sp³-hybridized carbons (Fsp3) is 0.203. The minimum Gasteiger partial charge on any atom is -0.545 e. The molecule has 3 aliphatic heterocycles. The number of carboxylic acid groups (broad SMARTS) is 1. The summed E-state index contributed by atoms with van der Waals surface area (Å²) in [5, 5.41) is 25.1. The highest BCUT2D eigenvalue weighted by Crippen LogP contribution is 2.47. The summed E-state index contributed by atoms with van der Waals surface area (Å²) in [5.41, 5.74) is 9.23. The van der Waals surface area contributed by atoms with Gasteiger partial charge < -0.3 is 45.0 Å². The molecule has 0 unspecified atom stereocenters. The molecule has 6 aromatic rings. The minimum absolute atomic E-state index is 0.0267. The van der Waals surface area contributed by atoms with Gasteiger partial charge in [-0.2, -0.15) is 0 Å². The standard InChI is InChI=1S/C69H63N7O6S6/c1-5-73(6-2)45-18-27-54-59(38-45)82-60-39-46(74(7-3)8-4)19-28-55(60)65(54)51-11-9-10-12-52(51)67(79)76-35-33-75(34-36-76)64(78)32-31-63(77)70-42-13-22-49(23-14-42)87-88-50-24-15-43(16-25-50)71-69(85)72-44-17-26-53(68(80)81)58(37-44)66-56-29-20-47(83)40-61(56)86-62-41-48(84)21-30-57(62)66/h9-30,37-41H,5-8,31-36H2,1-4H3,(H4-,70,71,72,77,80,81,83,84,85). The Kier molecular flexibility index (Phi) is 19.3. The van der Waals surface area contributed by atoms with E-state index in [4.69, 9.17) is 28.9 Å². The van der Waals surface area contributed by atoms with Crippen LogP contribution in [0.1, 0.15) is 61.3 Å². The van der Waals surface area contributed by atoms with E-state index >= 15 is 0 Å². The minimum atomic E-state index is -1.29. The smallest absolute Gasteiger partial charge is 0.254 e. The first kappa shape index (κ1) is 61.6. The van der Waals surface area contributed by atoms with Crippen molar-refractivity contribution in [1.82, 2.24) is 14.4 Å². The van der Waals surface area contributed by atoms with Gasteiger partial charge in [0.1, 0.15) is 24.4 Å². The average molecular weight is 1280 g/mol. The molecule has 1 fully saturated rings. The molecule has 446 valence electrons. The van der Waals surface area contributed by atoms with Gasteiger partial charge in [0.15, 0.2) is 5.11 Å². The number of amides is 3. The Morgan fingerprint density at radius 3 is 1.97 bits per heavy atom. The highest BCUT2D eigenvalue weighted by atomic mass is 33.1. The highest BCUT2D eigenvalue weighted by Gasteiger charge is 2.29. The zero-order chi connectivity index (χ0) is 61.6. The molecule has 0 spiro atoms. The number of thiol groups is 1. The van der Waals surface area contributed by atoms with E-state index in [9.17, 15) is 24.3 Å². The van der Waals surface area contributed by atoms with Crippen LogP contribution in [0.4, 0.5) is 22.7 Å². The van der Waals surface area contributed by atoms with Crippen LogP contribution in [0.5, 0.6) is 0 Å². The van der Waals surface area contributed by atoms with Gasteiger partial charge in [-0.05, 0) is 166 Å². The molecule has 6 aromatic carbocycles. The molecule has 0 saturated carbocycles. The monoisotopic (exact) mass is 1280 g/mol. The van der Waals surface area contributed by atoms with Gasteiger partial charge >= 0.3 is 0 Å². The van der Waals surface area contributed by atoms with Gasteiger partial charge in [-0.3, -0.25) is 14.4 Å².